The third kappa shape index (κ3) is 3.89. The van der Waals surface area contributed by atoms with Gasteiger partial charge in [0, 0.05) is 42.0 Å². The zero-order chi connectivity index (χ0) is 27.7. The number of aromatic hydroxyl groups is 2. The lowest BCUT2D eigenvalue weighted by Gasteiger charge is -2.43. The van der Waals surface area contributed by atoms with Crippen LogP contribution in [0, 0.1) is 0 Å². The van der Waals surface area contributed by atoms with Gasteiger partial charge in [0.15, 0.2) is 12.1 Å². The first-order chi connectivity index (χ1) is 17.9. The van der Waals surface area contributed by atoms with Crippen LogP contribution in [-0.4, -0.2) is 80.5 Å². The van der Waals surface area contributed by atoms with E-state index in [1.807, 2.05) is 0 Å². The molecule has 0 amide bonds. The van der Waals surface area contributed by atoms with Crippen molar-refractivity contribution in [3.8, 4) is 17.2 Å². The Morgan fingerprint density at radius 2 is 1.82 bits per heavy atom. The van der Waals surface area contributed by atoms with Gasteiger partial charge < -0.3 is 45.5 Å². The molecule has 11 nitrogen and oxygen atoms in total. The van der Waals surface area contributed by atoms with Gasteiger partial charge in [-0.2, -0.15) is 0 Å². The van der Waals surface area contributed by atoms with E-state index in [9.17, 15) is 35.1 Å². The number of fused-ring (bicyclic) bond motifs is 3. The minimum atomic E-state index is -1.80. The second-order valence-electron chi connectivity index (χ2n) is 10.3. The fourth-order valence-corrected chi connectivity index (χ4v) is 5.74. The molecule has 2 aromatic rings. The van der Waals surface area contributed by atoms with Crippen LogP contribution in [0.25, 0.3) is 0 Å². The monoisotopic (exact) mass is 529 g/mol. The Morgan fingerprint density at radius 1 is 1.13 bits per heavy atom. The number of rotatable bonds is 4. The smallest absolute Gasteiger partial charge is 0.202 e. The Balaban J connectivity index is 1.68. The van der Waals surface area contributed by atoms with Gasteiger partial charge in [-0.15, -0.1) is 0 Å². The van der Waals surface area contributed by atoms with E-state index >= 15 is 0 Å². The molecule has 1 saturated heterocycles. The van der Waals surface area contributed by atoms with Crippen molar-refractivity contribution in [2.45, 2.75) is 75.5 Å². The van der Waals surface area contributed by atoms with E-state index in [0.29, 0.717) is 0 Å². The summed E-state index contributed by atoms with van der Waals surface area (Å²) in [6.07, 6.45) is -5.47. The van der Waals surface area contributed by atoms with Crippen molar-refractivity contribution in [2.24, 2.45) is 5.73 Å². The first-order valence-corrected chi connectivity index (χ1v) is 12.4. The number of phenolic OH excluding ortho intramolecular Hbond substituents is 2. The molecule has 3 aliphatic rings. The number of aliphatic hydroxyl groups is 3. The topological polar surface area (TPSA) is 189 Å². The van der Waals surface area contributed by atoms with Gasteiger partial charge in [-0.05, 0) is 19.9 Å². The van der Waals surface area contributed by atoms with Crippen LogP contribution in [0.5, 0.6) is 17.2 Å². The molecule has 6 unspecified atom stereocenters. The number of benzene rings is 2. The minimum absolute atomic E-state index is 0.00187. The fourth-order valence-electron chi connectivity index (χ4n) is 5.74. The lowest BCUT2D eigenvalue weighted by molar-refractivity contribution is -0.250. The van der Waals surface area contributed by atoms with Gasteiger partial charge in [0.05, 0.1) is 53.8 Å². The van der Waals surface area contributed by atoms with Crippen LogP contribution in [0.3, 0.4) is 0 Å². The Bertz CT molecular complexity index is 1310. The van der Waals surface area contributed by atoms with Crippen LogP contribution in [0.15, 0.2) is 18.2 Å². The lowest BCUT2D eigenvalue weighted by Crippen LogP contribution is -2.53. The molecule has 0 bridgehead atoms. The van der Waals surface area contributed by atoms with Gasteiger partial charge >= 0.3 is 0 Å². The number of ether oxygens (including phenoxy) is 3. The minimum Gasteiger partial charge on any atom is -0.507 e. The second-order valence-corrected chi connectivity index (χ2v) is 10.3. The molecular formula is C27H31NO10. The summed E-state index contributed by atoms with van der Waals surface area (Å²) in [5.74, 6) is -2.44. The molecule has 1 heterocycles. The number of nitrogens with two attached hydrogens (primary N) is 1. The summed E-state index contributed by atoms with van der Waals surface area (Å²) in [4.78, 5) is 27.1. The number of ketones is 2. The van der Waals surface area contributed by atoms with Crippen LogP contribution in [-0.2, 0) is 15.9 Å². The number of carbonyl (C=O) groups is 2. The maximum absolute atomic E-state index is 13.6. The average Bonchev–Trinajstić information content (AvgIpc) is 2.87. The number of hydrogen-bond acceptors (Lipinski definition) is 11. The van der Waals surface area contributed by atoms with Gasteiger partial charge in [-0.3, -0.25) is 9.59 Å². The highest BCUT2D eigenvalue weighted by Crippen LogP contribution is 2.52. The quantitative estimate of drug-likeness (QED) is 0.263. The molecule has 0 radical (unpaired) electrons. The number of hydrogen-bond donors (Lipinski definition) is 6. The molecule has 0 saturated carbocycles. The largest absolute Gasteiger partial charge is 0.507 e. The van der Waals surface area contributed by atoms with E-state index in [4.69, 9.17) is 19.9 Å². The number of carbonyl (C=O) groups excluding carboxylic acids is 2. The second kappa shape index (κ2) is 9.30. The third-order valence-corrected chi connectivity index (χ3v) is 7.95. The van der Waals surface area contributed by atoms with Crippen molar-refractivity contribution in [1.29, 1.82) is 0 Å². The maximum Gasteiger partial charge on any atom is 0.202 e. The summed E-state index contributed by atoms with van der Waals surface area (Å²) in [6.45, 7) is 3.00. The van der Waals surface area contributed by atoms with Gasteiger partial charge in [0.2, 0.25) is 5.78 Å². The molecule has 2 aromatic carbocycles. The van der Waals surface area contributed by atoms with E-state index in [1.165, 1.54) is 32.2 Å². The fraction of sp³-hybridized carbons (Fsp3) is 0.481. The highest BCUT2D eigenvalue weighted by molar-refractivity contribution is 6.31. The van der Waals surface area contributed by atoms with Crippen molar-refractivity contribution in [2.75, 3.05) is 7.11 Å². The predicted octanol–water partition coefficient (Wildman–Crippen LogP) is 0.821. The van der Waals surface area contributed by atoms with Crippen molar-refractivity contribution < 1.29 is 49.3 Å². The summed E-state index contributed by atoms with van der Waals surface area (Å²) in [6, 6.07) is 3.80. The summed E-state index contributed by atoms with van der Waals surface area (Å²) < 4.78 is 17.1. The van der Waals surface area contributed by atoms with Gasteiger partial charge in [-0.25, -0.2) is 0 Å². The molecule has 2 aliphatic carbocycles. The lowest BCUT2D eigenvalue weighted by atomic mass is 9.71. The molecule has 7 N–H and O–H groups in total. The third-order valence-electron chi connectivity index (χ3n) is 7.95. The van der Waals surface area contributed by atoms with Crippen LogP contribution < -0.4 is 10.5 Å². The standard InChI is InChI=1S/C27H31NO10/c1-10-22(30)14(28)7-17(37-10)38-16-9-27(35,11(2)29)8-13-19(16)26(34)21-20(24(13)32)23(31)12-5-4-6-15(36-3)18(12)25(21)33/h4-6,10-11,14,16-17,22,29-30,32,34-35H,7-9,28H2,1-3H3/t10?,11?,14?,16?,17?,22?,27-/m0/s1. The van der Waals surface area contributed by atoms with Crippen LogP contribution >= 0.6 is 0 Å². The van der Waals surface area contributed by atoms with E-state index in [2.05, 4.69) is 0 Å². The molecular weight excluding hydrogens is 498 g/mol. The van der Waals surface area contributed by atoms with E-state index < -0.39 is 76.5 Å². The maximum atomic E-state index is 13.6. The number of methoxy groups -OCH3 is 1. The Hall–Kier alpha value is -3.06. The molecule has 5 rings (SSSR count). The van der Waals surface area contributed by atoms with Crippen LogP contribution in [0.1, 0.15) is 75.8 Å². The predicted molar refractivity (Wildman–Crippen MR) is 131 cm³/mol. The van der Waals surface area contributed by atoms with E-state index in [0.717, 1.165) is 0 Å². The highest BCUT2D eigenvalue weighted by Gasteiger charge is 2.49. The summed E-state index contributed by atoms with van der Waals surface area (Å²) >= 11 is 0. The number of phenols is 2. The Labute approximate surface area is 218 Å². The van der Waals surface area contributed by atoms with E-state index in [1.54, 1.807) is 6.92 Å². The van der Waals surface area contributed by atoms with Crippen molar-refractivity contribution in [3.05, 3.63) is 51.6 Å². The summed E-state index contributed by atoms with van der Waals surface area (Å²) in [5.41, 5.74) is 3.37. The van der Waals surface area contributed by atoms with Gasteiger partial charge in [0.25, 0.3) is 0 Å². The zero-order valence-corrected chi connectivity index (χ0v) is 21.2. The zero-order valence-electron chi connectivity index (χ0n) is 21.2. The first kappa shape index (κ1) is 26.5. The summed E-state index contributed by atoms with van der Waals surface area (Å²) in [7, 11) is 1.35. The molecule has 1 fully saturated rings. The SMILES string of the molecule is COc1cccc2c1C(=O)c1c(O)c3c(c(O)c1C2=O)C[C@@](O)(C(C)O)CC3OC1CC(N)C(O)C(C)O1. The van der Waals surface area contributed by atoms with Crippen LogP contribution in [0.2, 0.25) is 0 Å². The van der Waals surface area contributed by atoms with Crippen LogP contribution in [0.4, 0.5) is 0 Å². The normalized spacial score (nSPS) is 31.3. The first-order valence-electron chi connectivity index (χ1n) is 12.4. The van der Waals surface area contributed by atoms with Crippen molar-refractivity contribution >= 4 is 11.6 Å². The van der Waals surface area contributed by atoms with Crippen molar-refractivity contribution in [1.82, 2.24) is 0 Å². The summed E-state index contributed by atoms with van der Waals surface area (Å²) in [5, 5.41) is 54.7. The average molecular weight is 530 g/mol. The molecule has 38 heavy (non-hydrogen) atoms. The molecule has 7 atom stereocenters. The molecule has 11 heteroatoms. The number of aliphatic hydroxyl groups excluding tert-OH is 2. The highest BCUT2D eigenvalue weighted by atomic mass is 16.7. The molecule has 0 spiro atoms. The Morgan fingerprint density at radius 3 is 2.45 bits per heavy atom. The molecule has 0 aromatic heterocycles. The molecule has 1 aliphatic heterocycles. The van der Waals surface area contributed by atoms with Gasteiger partial charge in [-0.1, -0.05) is 12.1 Å². The van der Waals surface area contributed by atoms with Gasteiger partial charge in [0.1, 0.15) is 17.2 Å². The Kier molecular flexibility index (Phi) is 6.49. The van der Waals surface area contributed by atoms with E-state index in [-0.39, 0.29) is 47.3 Å². The van der Waals surface area contributed by atoms with Crippen molar-refractivity contribution in [3.63, 3.8) is 0 Å². The molecule has 204 valence electrons.